The van der Waals surface area contributed by atoms with Crippen LogP contribution in [0.15, 0.2) is 12.3 Å². The Hall–Kier alpha value is -1.69. The Bertz CT molecular complexity index is 340. The molecule has 6 heteroatoms. The van der Waals surface area contributed by atoms with Crippen molar-refractivity contribution >= 4 is 11.5 Å². The van der Waals surface area contributed by atoms with Crippen LogP contribution in [0.25, 0.3) is 0 Å². The molecule has 1 aromatic heterocycles. The Morgan fingerprint density at radius 1 is 1.71 bits per heavy atom. The largest absolute Gasteiger partial charge is 0.369 e. The van der Waals surface area contributed by atoms with Crippen molar-refractivity contribution < 1.29 is 4.92 Å². The number of anilines is 1. The van der Waals surface area contributed by atoms with Crippen LogP contribution in [0.3, 0.4) is 0 Å². The van der Waals surface area contributed by atoms with E-state index >= 15 is 0 Å². The van der Waals surface area contributed by atoms with Crippen LogP contribution in [0.4, 0.5) is 11.5 Å². The lowest BCUT2D eigenvalue weighted by atomic mass is 10.2. The van der Waals surface area contributed by atoms with E-state index in [1.807, 2.05) is 0 Å². The molecule has 0 aliphatic heterocycles. The van der Waals surface area contributed by atoms with Gasteiger partial charge >= 0.3 is 0 Å². The van der Waals surface area contributed by atoms with E-state index in [0.29, 0.717) is 24.5 Å². The molecule has 1 heterocycles. The van der Waals surface area contributed by atoms with E-state index in [1.165, 1.54) is 6.20 Å². The predicted octanol–water partition coefficient (Wildman–Crippen LogP) is 0.669. The third-order valence-corrected chi connectivity index (χ3v) is 1.73. The fraction of sp³-hybridized carbons (Fsp3) is 0.375. The van der Waals surface area contributed by atoms with E-state index in [0.717, 1.165) is 0 Å². The minimum Gasteiger partial charge on any atom is -0.369 e. The maximum atomic E-state index is 10.5. The Balaban J connectivity index is 2.83. The molecule has 0 aliphatic carbocycles. The summed E-state index contributed by atoms with van der Waals surface area (Å²) < 4.78 is 0. The molecule has 0 aliphatic rings. The van der Waals surface area contributed by atoms with Gasteiger partial charge in [0.25, 0.3) is 5.69 Å². The molecular formula is C8H12N4O2. The van der Waals surface area contributed by atoms with E-state index in [9.17, 15) is 10.1 Å². The lowest BCUT2D eigenvalue weighted by Crippen LogP contribution is -2.14. The van der Waals surface area contributed by atoms with Gasteiger partial charge in [0, 0.05) is 18.7 Å². The molecule has 1 rings (SSSR count). The fourth-order valence-corrected chi connectivity index (χ4v) is 1.04. The van der Waals surface area contributed by atoms with Crippen molar-refractivity contribution in [2.24, 2.45) is 5.73 Å². The summed E-state index contributed by atoms with van der Waals surface area (Å²) >= 11 is 0. The Morgan fingerprint density at radius 3 is 2.93 bits per heavy atom. The Labute approximate surface area is 81.3 Å². The lowest BCUT2D eigenvalue weighted by Gasteiger charge is -2.04. The number of aromatic nitrogens is 1. The van der Waals surface area contributed by atoms with Crippen molar-refractivity contribution in [3.05, 3.63) is 27.9 Å². The molecule has 0 spiro atoms. The highest BCUT2D eigenvalue weighted by atomic mass is 16.6. The number of rotatable bonds is 4. The van der Waals surface area contributed by atoms with Gasteiger partial charge in [-0.15, -0.1) is 0 Å². The highest BCUT2D eigenvalue weighted by Crippen LogP contribution is 2.18. The number of pyridine rings is 1. The molecule has 76 valence electrons. The number of nitrogens with two attached hydrogens (primary N) is 1. The summed E-state index contributed by atoms with van der Waals surface area (Å²) in [5.74, 6) is 0.610. The van der Waals surface area contributed by atoms with Gasteiger partial charge in [0.2, 0.25) is 0 Å². The van der Waals surface area contributed by atoms with Crippen LogP contribution in [0.1, 0.15) is 5.56 Å². The molecular weight excluding hydrogens is 184 g/mol. The molecule has 6 nitrogen and oxygen atoms in total. The van der Waals surface area contributed by atoms with Crippen LogP contribution in [0, 0.1) is 17.0 Å². The summed E-state index contributed by atoms with van der Waals surface area (Å²) in [6, 6.07) is 1.63. The van der Waals surface area contributed by atoms with Crippen LogP contribution >= 0.6 is 0 Å². The number of hydrogen-bond donors (Lipinski definition) is 2. The molecule has 0 unspecified atom stereocenters. The van der Waals surface area contributed by atoms with Crippen LogP contribution in [0.5, 0.6) is 0 Å². The highest BCUT2D eigenvalue weighted by Gasteiger charge is 2.10. The average Bonchev–Trinajstić information content (AvgIpc) is 2.14. The second kappa shape index (κ2) is 4.52. The average molecular weight is 196 g/mol. The summed E-state index contributed by atoms with van der Waals surface area (Å²) in [5.41, 5.74) is 5.91. The molecule has 0 saturated carbocycles. The third kappa shape index (κ3) is 2.40. The smallest absolute Gasteiger partial charge is 0.290 e. The molecule has 0 aromatic carbocycles. The van der Waals surface area contributed by atoms with Crippen LogP contribution in [-0.4, -0.2) is 23.0 Å². The van der Waals surface area contributed by atoms with Crippen LogP contribution in [0.2, 0.25) is 0 Å². The second-order valence-corrected chi connectivity index (χ2v) is 2.83. The van der Waals surface area contributed by atoms with Crippen LogP contribution < -0.4 is 11.1 Å². The van der Waals surface area contributed by atoms with Gasteiger partial charge in [-0.1, -0.05) is 0 Å². The van der Waals surface area contributed by atoms with Crippen molar-refractivity contribution in [2.45, 2.75) is 6.92 Å². The predicted molar refractivity (Wildman–Crippen MR) is 53.2 cm³/mol. The highest BCUT2D eigenvalue weighted by molar-refractivity contribution is 5.46. The first-order chi connectivity index (χ1) is 6.65. The maximum Gasteiger partial charge on any atom is 0.290 e. The standard InChI is InChI=1S/C8H12N4O2/c1-6-4-8(10-3-2-9)11-5-7(6)12(13)14/h4-5H,2-3,9H2,1H3,(H,10,11). The number of hydrogen-bond acceptors (Lipinski definition) is 5. The summed E-state index contributed by atoms with van der Waals surface area (Å²) in [5, 5.41) is 13.4. The third-order valence-electron chi connectivity index (χ3n) is 1.73. The van der Waals surface area contributed by atoms with E-state index < -0.39 is 4.92 Å². The molecule has 0 atom stereocenters. The van der Waals surface area contributed by atoms with Crippen LogP contribution in [-0.2, 0) is 0 Å². The SMILES string of the molecule is Cc1cc(NCCN)ncc1[N+](=O)[O-]. The normalized spacial score (nSPS) is 9.86. The minimum absolute atomic E-state index is 0.0308. The number of aryl methyl sites for hydroxylation is 1. The van der Waals surface area contributed by atoms with E-state index in [4.69, 9.17) is 5.73 Å². The van der Waals surface area contributed by atoms with Gasteiger partial charge in [0.1, 0.15) is 12.0 Å². The first kappa shape index (κ1) is 10.4. The van der Waals surface area contributed by atoms with E-state index in [2.05, 4.69) is 10.3 Å². The number of nitrogens with zero attached hydrogens (tertiary/aromatic N) is 2. The first-order valence-corrected chi connectivity index (χ1v) is 4.20. The van der Waals surface area contributed by atoms with Gasteiger partial charge in [0.05, 0.1) is 4.92 Å². The van der Waals surface area contributed by atoms with Gasteiger partial charge < -0.3 is 11.1 Å². The van der Waals surface area contributed by atoms with Crippen molar-refractivity contribution in [2.75, 3.05) is 18.4 Å². The minimum atomic E-state index is -0.449. The first-order valence-electron chi connectivity index (χ1n) is 4.20. The van der Waals surface area contributed by atoms with Gasteiger partial charge in [-0.3, -0.25) is 10.1 Å². The maximum absolute atomic E-state index is 10.5. The molecule has 3 N–H and O–H groups in total. The summed E-state index contributed by atoms with van der Waals surface area (Å²) in [4.78, 5) is 13.9. The van der Waals surface area contributed by atoms with E-state index in [1.54, 1.807) is 13.0 Å². The van der Waals surface area contributed by atoms with Gasteiger partial charge in [-0.2, -0.15) is 0 Å². The monoisotopic (exact) mass is 196 g/mol. The second-order valence-electron chi connectivity index (χ2n) is 2.83. The zero-order valence-corrected chi connectivity index (χ0v) is 7.86. The van der Waals surface area contributed by atoms with Crippen molar-refractivity contribution in [1.29, 1.82) is 0 Å². The molecule has 1 aromatic rings. The van der Waals surface area contributed by atoms with E-state index in [-0.39, 0.29) is 5.69 Å². The van der Waals surface area contributed by atoms with Gasteiger partial charge in [-0.05, 0) is 13.0 Å². The fourth-order valence-electron chi connectivity index (χ4n) is 1.04. The topological polar surface area (TPSA) is 94.1 Å². The zero-order valence-electron chi connectivity index (χ0n) is 7.86. The molecule has 0 saturated heterocycles. The van der Waals surface area contributed by atoms with Gasteiger partial charge in [-0.25, -0.2) is 4.98 Å². The summed E-state index contributed by atoms with van der Waals surface area (Å²) in [6.45, 7) is 2.77. The molecule has 0 amide bonds. The van der Waals surface area contributed by atoms with Crippen molar-refractivity contribution in [1.82, 2.24) is 4.98 Å². The lowest BCUT2D eigenvalue weighted by molar-refractivity contribution is -0.385. The van der Waals surface area contributed by atoms with Crippen molar-refractivity contribution in [3.63, 3.8) is 0 Å². The number of nitro groups is 1. The Morgan fingerprint density at radius 2 is 2.43 bits per heavy atom. The molecule has 0 fully saturated rings. The van der Waals surface area contributed by atoms with Crippen molar-refractivity contribution in [3.8, 4) is 0 Å². The number of nitrogens with one attached hydrogen (secondary N) is 1. The summed E-state index contributed by atoms with van der Waals surface area (Å²) in [6.07, 6.45) is 1.24. The summed E-state index contributed by atoms with van der Waals surface area (Å²) in [7, 11) is 0. The van der Waals surface area contributed by atoms with Gasteiger partial charge in [0.15, 0.2) is 0 Å². The Kier molecular flexibility index (Phi) is 3.35. The molecule has 14 heavy (non-hydrogen) atoms. The molecule has 0 bridgehead atoms. The molecule has 0 radical (unpaired) electrons. The zero-order chi connectivity index (χ0) is 10.6. The quantitative estimate of drug-likeness (QED) is 0.545.